The summed E-state index contributed by atoms with van der Waals surface area (Å²) >= 11 is 6.02. The zero-order valence-electron chi connectivity index (χ0n) is 23.7. The molecular weight excluding hydrogens is 548 g/mol. The van der Waals surface area contributed by atoms with E-state index in [0.29, 0.717) is 36.7 Å². The van der Waals surface area contributed by atoms with Crippen LogP contribution >= 0.6 is 11.6 Å². The van der Waals surface area contributed by atoms with Crippen molar-refractivity contribution < 1.29 is 13.2 Å². The molecule has 0 atom stereocenters. The first-order chi connectivity index (χ1) is 19.1. The summed E-state index contributed by atoms with van der Waals surface area (Å²) in [5.74, 6) is 1.87. The first-order valence-corrected chi connectivity index (χ1v) is 16.6. The SMILES string of the molecule is Cc1c(NC[C@H]2C[C@@H](c3ccc(Cl)cc3)C2)ncnc1C(=O)N1CCC(N2CCC(N(C)S(C)(=O)=O)CC2)CC1. The van der Waals surface area contributed by atoms with E-state index in [4.69, 9.17) is 11.6 Å². The van der Waals surface area contributed by atoms with Gasteiger partial charge in [-0.1, -0.05) is 23.7 Å². The van der Waals surface area contributed by atoms with Gasteiger partial charge >= 0.3 is 0 Å². The Kier molecular flexibility index (Phi) is 8.99. The van der Waals surface area contributed by atoms with Crippen molar-refractivity contribution in [1.82, 2.24) is 24.1 Å². The maximum absolute atomic E-state index is 13.4. The third kappa shape index (κ3) is 6.61. The predicted octanol–water partition coefficient (Wildman–Crippen LogP) is 4.00. The van der Waals surface area contributed by atoms with E-state index < -0.39 is 10.0 Å². The Morgan fingerprint density at radius 2 is 1.70 bits per heavy atom. The van der Waals surface area contributed by atoms with Crippen molar-refractivity contribution >= 4 is 33.3 Å². The Bertz CT molecular complexity index is 1290. The number of nitrogens with zero attached hydrogens (tertiary/aromatic N) is 5. The number of amides is 1. The van der Waals surface area contributed by atoms with Crippen LogP contribution < -0.4 is 5.32 Å². The quantitative estimate of drug-likeness (QED) is 0.497. The Labute approximate surface area is 243 Å². The van der Waals surface area contributed by atoms with Gasteiger partial charge in [-0.15, -0.1) is 0 Å². The molecule has 0 unspecified atom stereocenters. The monoisotopic (exact) mass is 588 g/mol. The molecule has 9 nitrogen and oxygen atoms in total. The number of sulfonamides is 1. The number of likely N-dealkylation sites (tertiary alicyclic amines) is 2. The lowest BCUT2D eigenvalue weighted by atomic mass is 9.71. The van der Waals surface area contributed by atoms with E-state index in [9.17, 15) is 13.2 Å². The second kappa shape index (κ2) is 12.3. The normalized spacial score (nSPS) is 23.3. The maximum atomic E-state index is 13.4. The molecule has 0 radical (unpaired) electrons. The van der Waals surface area contributed by atoms with E-state index in [1.165, 1.54) is 22.5 Å². The van der Waals surface area contributed by atoms with Crippen LogP contribution in [0.2, 0.25) is 5.02 Å². The van der Waals surface area contributed by atoms with Gasteiger partial charge in [-0.25, -0.2) is 22.7 Å². The Morgan fingerprint density at radius 1 is 1.05 bits per heavy atom. The van der Waals surface area contributed by atoms with Crippen molar-refractivity contribution in [2.75, 3.05) is 51.3 Å². The molecule has 218 valence electrons. The van der Waals surface area contributed by atoms with Crippen molar-refractivity contribution in [2.24, 2.45) is 5.92 Å². The minimum atomic E-state index is -3.16. The number of rotatable bonds is 8. The van der Waals surface area contributed by atoms with Crippen molar-refractivity contribution in [2.45, 2.75) is 63.5 Å². The number of carbonyl (C=O) groups is 1. The van der Waals surface area contributed by atoms with Crippen molar-refractivity contribution in [3.05, 3.63) is 52.4 Å². The van der Waals surface area contributed by atoms with E-state index in [2.05, 4.69) is 32.3 Å². The van der Waals surface area contributed by atoms with Crippen LogP contribution in [0.5, 0.6) is 0 Å². The number of carbonyl (C=O) groups excluding carboxylic acids is 1. The Morgan fingerprint density at radius 3 is 2.33 bits per heavy atom. The fraction of sp³-hybridized carbons (Fsp3) is 0.621. The van der Waals surface area contributed by atoms with Crippen LogP contribution in [0.4, 0.5) is 5.82 Å². The molecule has 2 aromatic rings. The molecule has 3 aliphatic rings. The summed E-state index contributed by atoms with van der Waals surface area (Å²) in [7, 11) is -1.48. The van der Waals surface area contributed by atoms with E-state index in [1.54, 1.807) is 7.05 Å². The lowest BCUT2D eigenvalue weighted by molar-refractivity contribution is 0.0542. The van der Waals surface area contributed by atoms with Crippen molar-refractivity contribution in [3.63, 3.8) is 0 Å². The van der Waals surface area contributed by atoms with Gasteiger partial charge in [-0.3, -0.25) is 4.79 Å². The topological polar surface area (TPSA) is 98.7 Å². The maximum Gasteiger partial charge on any atom is 0.272 e. The smallest absolute Gasteiger partial charge is 0.272 e. The van der Waals surface area contributed by atoms with Gasteiger partial charge in [0.1, 0.15) is 17.8 Å². The summed E-state index contributed by atoms with van der Waals surface area (Å²) in [4.78, 5) is 26.6. The first kappa shape index (κ1) is 29.2. The molecule has 3 fully saturated rings. The minimum absolute atomic E-state index is 0.0265. The molecule has 3 heterocycles. The van der Waals surface area contributed by atoms with Gasteiger partial charge in [0, 0.05) is 49.4 Å². The molecule has 1 amide bonds. The molecule has 1 aromatic carbocycles. The lowest BCUT2D eigenvalue weighted by Gasteiger charge is -2.43. The molecular formula is C29H41ClN6O3S. The fourth-order valence-corrected chi connectivity index (χ4v) is 7.34. The molecule has 1 aliphatic carbocycles. The average molecular weight is 589 g/mol. The molecule has 40 heavy (non-hydrogen) atoms. The van der Waals surface area contributed by atoms with Gasteiger partial charge < -0.3 is 15.1 Å². The summed E-state index contributed by atoms with van der Waals surface area (Å²) in [6, 6.07) is 8.66. The standard InChI is InChI=1S/C29H41ClN6O3S/c1-20-27(32-19-33-28(20)31-18-21-16-23(17-21)22-4-6-24(30)7-5-22)29(37)36-14-10-26(11-15-36)35-12-8-25(9-13-35)34(2)40(3,38)39/h4-7,19,21,23,25-26H,8-18H2,1-3H3,(H,31,32,33)/t21-,23+. The third-order valence-corrected chi connectivity index (χ3v) is 10.8. The molecule has 1 saturated carbocycles. The van der Waals surface area contributed by atoms with Crippen molar-refractivity contribution in [1.29, 1.82) is 0 Å². The van der Waals surface area contributed by atoms with Gasteiger partial charge in [0.15, 0.2) is 0 Å². The number of anilines is 1. The highest BCUT2D eigenvalue weighted by molar-refractivity contribution is 7.88. The molecule has 0 spiro atoms. The summed E-state index contributed by atoms with van der Waals surface area (Å²) in [5, 5.41) is 4.24. The highest BCUT2D eigenvalue weighted by Crippen LogP contribution is 2.41. The summed E-state index contributed by atoms with van der Waals surface area (Å²) in [5.41, 5.74) is 2.63. The highest BCUT2D eigenvalue weighted by atomic mass is 35.5. The highest BCUT2D eigenvalue weighted by Gasteiger charge is 2.34. The lowest BCUT2D eigenvalue weighted by Crippen LogP contribution is -2.52. The molecule has 5 rings (SSSR count). The van der Waals surface area contributed by atoms with E-state index >= 15 is 0 Å². The first-order valence-electron chi connectivity index (χ1n) is 14.4. The van der Waals surface area contributed by atoms with Crippen LogP contribution in [-0.2, 0) is 10.0 Å². The third-order valence-electron chi connectivity index (χ3n) is 9.23. The van der Waals surface area contributed by atoms with Crippen LogP contribution in [0.15, 0.2) is 30.6 Å². The number of hydrogen-bond donors (Lipinski definition) is 1. The van der Waals surface area contributed by atoms with Crippen LogP contribution in [0, 0.1) is 12.8 Å². The molecule has 1 N–H and O–H groups in total. The van der Waals surface area contributed by atoms with Crippen LogP contribution in [0.3, 0.4) is 0 Å². The minimum Gasteiger partial charge on any atom is -0.369 e. The zero-order valence-corrected chi connectivity index (χ0v) is 25.3. The number of piperidine rings is 2. The van der Waals surface area contributed by atoms with Gasteiger partial charge in [0.2, 0.25) is 10.0 Å². The fourth-order valence-electron chi connectivity index (χ4n) is 6.46. The summed E-state index contributed by atoms with van der Waals surface area (Å²) < 4.78 is 25.3. The van der Waals surface area contributed by atoms with E-state index in [1.807, 2.05) is 24.0 Å². The molecule has 1 aromatic heterocycles. The molecule has 2 saturated heterocycles. The number of benzene rings is 1. The summed E-state index contributed by atoms with van der Waals surface area (Å²) in [6.45, 7) is 5.95. The largest absolute Gasteiger partial charge is 0.369 e. The van der Waals surface area contributed by atoms with E-state index in [0.717, 1.165) is 74.6 Å². The van der Waals surface area contributed by atoms with Crippen LogP contribution in [0.25, 0.3) is 0 Å². The molecule has 11 heteroatoms. The van der Waals surface area contributed by atoms with Crippen LogP contribution in [0.1, 0.15) is 66.1 Å². The number of halogens is 1. The van der Waals surface area contributed by atoms with Gasteiger partial charge in [-0.05, 0) is 88.1 Å². The van der Waals surface area contributed by atoms with Gasteiger partial charge in [0.05, 0.1) is 6.26 Å². The Balaban J connectivity index is 1.09. The van der Waals surface area contributed by atoms with E-state index in [-0.39, 0.29) is 11.9 Å². The van der Waals surface area contributed by atoms with Gasteiger partial charge in [-0.2, -0.15) is 0 Å². The predicted molar refractivity (Wildman–Crippen MR) is 158 cm³/mol. The Hall–Kier alpha value is -2.27. The number of hydrogen-bond acceptors (Lipinski definition) is 7. The second-order valence-electron chi connectivity index (χ2n) is 11.7. The van der Waals surface area contributed by atoms with Crippen LogP contribution in [-0.4, -0.2) is 96.5 Å². The average Bonchev–Trinajstić information content (AvgIpc) is 2.93. The zero-order chi connectivity index (χ0) is 28.4. The molecule has 2 aliphatic heterocycles. The second-order valence-corrected chi connectivity index (χ2v) is 14.2. The van der Waals surface area contributed by atoms with Gasteiger partial charge in [0.25, 0.3) is 5.91 Å². The number of nitrogens with one attached hydrogen (secondary N) is 1. The van der Waals surface area contributed by atoms with Crippen molar-refractivity contribution in [3.8, 4) is 0 Å². The number of aromatic nitrogens is 2. The molecule has 0 bridgehead atoms. The summed E-state index contributed by atoms with van der Waals surface area (Å²) in [6.07, 6.45) is 8.56.